The Hall–Kier alpha value is -0.460. The monoisotopic (exact) mass is 357 g/mol. The Morgan fingerprint density at radius 1 is 1.19 bits per heavy atom. The molecule has 0 amide bonds. The smallest absolute Gasteiger partial charge is 0.0701 e. The third-order valence-electron chi connectivity index (χ3n) is 3.77. The fourth-order valence-electron chi connectivity index (χ4n) is 2.64. The van der Waals surface area contributed by atoms with Crippen LogP contribution in [0.1, 0.15) is 16.7 Å². The highest BCUT2D eigenvalue weighted by molar-refractivity contribution is 9.10. The molecule has 1 aromatic carbocycles. The largest absolute Gasteiger partial charge is 0.394 e. The van der Waals surface area contributed by atoms with Crippen LogP contribution in [0.15, 0.2) is 16.6 Å². The number of fused-ring (bicyclic) bond motifs is 1. The van der Waals surface area contributed by atoms with Gasteiger partial charge < -0.3 is 14.6 Å². The summed E-state index contributed by atoms with van der Waals surface area (Å²) in [7, 11) is 0. The molecule has 0 atom stereocenters. The quantitative estimate of drug-likeness (QED) is 0.723. The second-order valence-corrected chi connectivity index (χ2v) is 6.25. The Balaban J connectivity index is 1.70. The molecule has 1 N–H and O–H groups in total. The van der Waals surface area contributed by atoms with E-state index in [4.69, 9.17) is 14.6 Å². The molecule has 4 nitrogen and oxygen atoms in total. The number of benzene rings is 1. The van der Waals surface area contributed by atoms with Crippen LogP contribution >= 0.6 is 15.9 Å². The predicted molar refractivity (Wildman–Crippen MR) is 86.6 cm³/mol. The standard InChI is InChI=1S/C16H24BrNO3/c1-13-10-15(17)11-14-2-3-18(12-16(13)14)4-6-20-8-9-21-7-5-19/h10-11,19H,2-9,12H2,1H3. The van der Waals surface area contributed by atoms with Gasteiger partial charge in [-0.25, -0.2) is 0 Å². The zero-order valence-corrected chi connectivity index (χ0v) is 14.2. The van der Waals surface area contributed by atoms with Crippen molar-refractivity contribution in [2.24, 2.45) is 0 Å². The van der Waals surface area contributed by atoms with E-state index in [0.717, 1.165) is 32.7 Å². The predicted octanol–water partition coefficient (Wildman–Crippen LogP) is 2.14. The topological polar surface area (TPSA) is 41.9 Å². The molecule has 21 heavy (non-hydrogen) atoms. The maximum Gasteiger partial charge on any atom is 0.0701 e. The average molecular weight is 358 g/mol. The lowest BCUT2D eigenvalue weighted by Crippen LogP contribution is -2.34. The van der Waals surface area contributed by atoms with Crippen LogP contribution in [0.2, 0.25) is 0 Å². The lowest BCUT2D eigenvalue weighted by atomic mass is 9.96. The molecule has 0 saturated heterocycles. The van der Waals surface area contributed by atoms with Crippen molar-refractivity contribution in [2.75, 3.05) is 46.1 Å². The summed E-state index contributed by atoms with van der Waals surface area (Å²) in [5.41, 5.74) is 4.30. The number of rotatable bonds is 8. The molecule has 0 aromatic heterocycles. The normalized spacial score (nSPS) is 15.2. The van der Waals surface area contributed by atoms with Crippen LogP contribution in [0.5, 0.6) is 0 Å². The van der Waals surface area contributed by atoms with Gasteiger partial charge in [0.1, 0.15) is 0 Å². The Kier molecular flexibility index (Phi) is 7.13. The number of ether oxygens (including phenoxy) is 2. The summed E-state index contributed by atoms with van der Waals surface area (Å²) in [5.74, 6) is 0. The Morgan fingerprint density at radius 3 is 2.71 bits per heavy atom. The molecule has 1 aliphatic heterocycles. The summed E-state index contributed by atoms with van der Waals surface area (Å²) in [6.07, 6.45) is 1.11. The van der Waals surface area contributed by atoms with Crippen LogP contribution in [0, 0.1) is 6.92 Å². The summed E-state index contributed by atoms with van der Waals surface area (Å²) in [4.78, 5) is 2.44. The summed E-state index contributed by atoms with van der Waals surface area (Å²) in [6, 6.07) is 4.44. The first-order chi connectivity index (χ1) is 10.2. The van der Waals surface area contributed by atoms with Crippen LogP contribution in [-0.4, -0.2) is 56.1 Å². The van der Waals surface area contributed by atoms with Crippen LogP contribution in [0.4, 0.5) is 0 Å². The highest BCUT2D eigenvalue weighted by Gasteiger charge is 2.18. The molecule has 0 bridgehead atoms. The van der Waals surface area contributed by atoms with Gasteiger partial charge in [-0.2, -0.15) is 0 Å². The zero-order valence-electron chi connectivity index (χ0n) is 12.6. The first-order valence-corrected chi connectivity index (χ1v) is 8.26. The van der Waals surface area contributed by atoms with Gasteiger partial charge in [0.2, 0.25) is 0 Å². The molecule has 0 spiro atoms. The minimum Gasteiger partial charge on any atom is -0.394 e. The summed E-state index contributed by atoms with van der Waals surface area (Å²) >= 11 is 3.57. The Labute approximate surface area is 135 Å². The van der Waals surface area contributed by atoms with Crippen LogP contribution in [-0.2, 0) is 22.4 Å². The van der Waals surface area contributed by atoms with Crippen LogP contribution in [0.25, 0.3) is 0 Å². The zero-order chi connectivity index (χ0) is 15.1. The van der Waals surface area contributed by atoms with Gasteiger partial charge >= 0.3 is 0 Å². The SMILES string of the molecule is Cc1cc(Br)cc2c1CN(CCOCCOCCO)CC2. The average Bonchev–Trinajstić information content (AvgIpc) is 2.46. The second-order valence-electron chi connectivity index (χ2n) is 5.33. The molecule has 0 radical (unpaired) electrons. The molecule has 1 aromatic rings. The van der Waals surface area contributed by atoms with E-state index in [9.17, 15) is 0 Å². The fraction of sp³-hybridized carbons (Fsp3) is 0.625. The number of halogens is 1. The van der Waals surface area contributed by atoms with Gasteiger partial charge in [-0.05, 0) is 42.2 Å². The van der Waals surface area contributed by atoms with Gasteiger partial charge in [-0.1, -0.05) is 15.9 Å². The lowest BCUT2D eigenvalue weighted by molar-refractivity contribution is 0.0255. The van der Waals surface area contributed by atoms with E-state index in [2.05, 4.69) is 39.9 Å². The van der Waals surface area contributed by atoms with Gasteiger partial charge in [-0.15, -0.1) is 0 Å². The number of hydrogen-bond donors (Lipinski definition) is 1. The van der Waals surface area contributed by atoms with Crippen LogP contribution < -0.4 is 0 Å². The molecular weight excluding hydrogens is 334 g/mol. The van der Waals surface area contributed by atoms with Gasteiger partial charge in [0.05, 0.1) is 33.0 Å². The number of nitrogens with zero attached hydrogens (tertiary/aromatic N) is 1. The third-order valence-corrected chi connectivity index (χ3v) is 4.23. The van der Waals surface area contributed by atoms with E-state index in [1.165, 1.54) is 21.2 Å². The molecule has 118 valence electrons. The number of hydrogen-bond acceptors (Lipinski definition) is 4. The van der Waals surface area contributed by atoms with Crippen molar-refractivity contribution >= 4 is 15.9 Å². The second kappa shape index (κ2) is 8.86. The van der Waals surface area contributed by atoms with E-state index in [1.54, 1.807) is 0 Å². The number of aliphatic hydroxyl groups is 1. The Bertz CT molecular complexity index is 453. The lowest BCUT2D eigenvalue weighted by Gasteiger charge is -2.30. The van der Waals surface area contributed by atoms with Crippen molar-refractivity contribution in [3.05, 3.63) is 33.3 Å². The van der Waals surface area contributed by atoms with E-state index < -0.39 is 0 Å². The minimum absolute atomic E-state index is 0.0721. The fourth-order valence-corrected chi connectivity index (χ4v) is 3.26. The van der Waals surface area contributed by atoms with E-state index in [1.807, 2.05) is 0 Å². The number of aryl methyl sites for hydroxylation is 1. The Morgan fingerprint density at radius 2 is 1.95 bits per heavy atom. The third kappa shape index (κ3) is 5.34. The highest BCUT2D eigenvalue weighted by Crippen LogP contribution is 2.26. The molecule has 0 saturated carbocycles. The number of aliphatic hydroxyl groups excluding tert-OH is 1. The van der Waals surface area contributed by atoms with Gasteiger partial charge in [-0.3, -0.25) is 4.90 Å². The molecule has 0 fully saturated rings. The molecule has 5 heteroatoms. The van der Waals surface area contributed by atoms with Crippen molar-refractivity contribution in [1.29, 1.82) is 0 Å². The van der Waals surface area contributed by atoms with Crippen molar-refractivity contribution in [3.8, 4) is 0 Å². The maximum atomic E-state index is 8.58. The molecule has 2 rings (SSSR count). The van der Waals surface area contributed by atoms with Gasteiger partial charge in [0, 0.05) is 24.1 Å². The van der Waals surface area contributed by atoms with Gasteiger partial charge in [0.15, 0.2) is 0 Å². The van der Waals surface area contributed by atoms with E-state index in [0.29, 0.717) is 19.8 Å². The maximum absolute atomic E-state index is 8.58. The van der Waals surface area contributed by atoms with E-state index in [-0.39, 0.29) is 6.61 Å². The van der Waals surface area contributed by atoms with Crippen molar-refractivity contribution < 1.29 is 14.6 Å². The van der Waals surface area contributed by atoms with Crippen molar-refractivity contribution in [2.45, 2.75) is 19.9 Å². The van der Waals surface area contributed by atoms with Gasteiger partial charge in [0.25, 0.3) is 0 Å². The molecular formula is C16H24BrNO3. The minimum atomic E-state index is 0.0721. The molecule has 1 aliphatic rings. The highest BCUT2D eigenvalue weighted by atomic mass is 79.9. The van der Waals surface area contributed by atoms with E-state index >= 15 is 0 Å². The summed E-state index contributed by atoms with van der Waals surface area (Å²) in [6.45, 7) is 7.58. The van der Waals surface area contributed by atoms with Crippen LogP contribution in [0.3, 0.4) is 0 Å². The molecule has 1 heterocycles. The van der Waals surface area contributed by atoms with Crippen molar-refractivity contribution in [3.63, 3.8) is 0 Å². The first-order valence-electron chi connectivity index (χ1n) is 7.47. The summed E-state index contributed by atoms with van der Waals surface area (Å²) < 4.78 is 11.9. The molecule has 0 unspecified atom stereocenters. The van der Waals surface area contributed by atoms with Crippen molar-refractivity contribution in [1.82, 2.24) is 4.90 Å². The molecule has 0 aliphatic carbocycles. The first kappa shape index (κ1) is 16.9. The summed E-state index contributed by atoms with van der Waals surface area (Å²) in [5, 5.41) is 8.58.